The average molecular weight is 391 g/mol. The van der Waals surface area contributed by atoms with Crippen LogP contribution in [0.1, 0.15) is 18.1 Å². The van der Waals surface area contributed by atoms with Gasteiger partial charge in [-0.05, 0) is 35.7 Å². The minimum atomic E-state index is -0.386. The molecular weight excluding hydrogens is 375 g/mol. The number of hydrogen-bond acceptors (Lipinski definition) is 2. The highest BCUT2D eigenvalue weighted by Crippen LogP contribution is 2.38. The molecule has 2 amide bonds. The van der Waals surface area contributed by atoms with E-state index in [1.54, 1.807) is 29.2 Å². The van der Waals surface area contributed by atoms with Gasteiger partial charge in [0.15, 0.2) is 0 Å². The van der Waals surface area contributed by atoms with E-state index >= 15 is 0 Å². The van der Waals surface area contributed by atoms with Gasteiger partial charge in [-0.25, -0.2) is 4.39 Å². The van der Waals surface area contributed by atoms with Crippen LogP contribution >= 0.6 is 15.9 Å². The first kappa shape index (κ1) is 16.6. The summed E-state index contributed by atoms with van der Waals surface area (Å²) in [7, 11) is 0. The van der Waals surface area contributed by atoms with E-state index in [2.05, 4.69) is 21.2 Å². The molecular formula is C18H16BrFN2O2. The summed E-state index contributed by atoms with van der Waals surface area (Å²) in [5, 5.41) is 2.77. The van der Waals surface area contributed by atoms with E-state index < -0.39 is 0 Å². The van der Waals surface area contributed by atoms with Crippen LogP contribution in [-0.2, 0) is 22.4 Å². The lowest BCUT2D eigenvalue weighted by Crippen LogP contribution is -2.31. The van der Waals surface area contributed by atoms with Crippen molar-refractivity contribution in [3.8, 4) is 0 Å². The topological polar surface area (TPSA) is 49.4 Å². The number of nitrogens with zero attached hydrogens (tertiary/aromatic N) is 1. The van der Waals surface area contributed by atoms with Crippen LogP contribution in [0.4, 0.5) is 15.8 Å². The Kier molecular flexibility index (Phi) is 4.66. The van der Waals surface area contributed by atoms with Crippen molar-refractivity contribution in [3.05, 3.63) is 57.8 Å². The lowest BCUT2D eigenvalue weighted by atomic mass is 10.1. The maximum Gasteiger partial charge on any atom is 0.231 e. The fourth-order valence-electron chi connectivity index (χ4n) is 2.94. The fraction of sp³-hybridized carbons (Fsp3) is 0.222. The second-order valence-electron chi connectivity index (χ2n) is 5.71. The van der Waals surface area contributed by atoms with Crippen LogP contribution in [0.25, 0.3) is 0 Å². The number of amides is 2. The Morgan fingerprint density at radius 2 is 2.04 bits per heavy atom. The molecule has 2 aromatic rings. The molecule has 6 heteroatoms. The first-order valence-corrected chi connectivity index (χ1v) is 8.39. The normalized spacial score (nSPS) is 12.9. The van der Waals surface area contributed by atoms with Crippen molar-refractivity contribution in [2.45, 2.75) is 19.8 Å². The standard InChI is InChI=1S/C18H16BrFN2O2/c1-11(23)21-16-10-14(19)8-13-6-7-22(18(13)16)17(24)9-12-4-2-3-5-15(12)20/h2-5,8,10H,6-7,9H2,1H3,(H,21,23). The maximum absolute atomic E-state index is 13.8. The molecule has 0 atom stereocenters. The molecule has 0 bridgehead atoms. The molecule has 0 aliphatic carbocycles. The third-order valence-electron chi connectivity index (χ3n) is 3.94. The zero-order valence-corrected chi connectivity index (χ0v) is 14.7. The van der Waals surface area contributed by atoms with Gasteiger partial charge in [-0.3, -0.25) is 9.59 Å². The van der Waals surface area contributed by atoms with Crippen LogP contribution in [0, 0.1) is 5.82 Å². The van der Waals surface area contributed by atoms with Crippen LogP contribution in [0.3, 0.4) is 0 Å². The van der Waals surface area contributed by atoms with E-state index in [1.807, 2.05) is 6.07 Å². The molecule has 0 saturated carbocycles. The molecule has 0 spiro atoms. The number of rotatable bonds is 3. The smallest absolute Gasteiger partial charge is 0.231 e. The van der Waals surface area contributed by atoms with Crippen LogP contribution in [-0.4, -0.2) is 18.4 Å². The lowest BCUT2D eigenvalue weighted by molar-refractivity contribution is -0.118. The van der Waals surface area contributed by atoms with Gasteiger partial charge in [-0.1, -0.05) is 34.1 Å². The highest BCUT2D eigenvalue weighted by molar-refractivity contribution is 9.10. The summed E-state index contributed by atoms with van der Waals surface area (Å²) >= 11 is 3.42. The van der Waals surface area contributed by atoms with Gasteiger partial charge >= 0.3 is 0 Å². The first-order chi connectivity index (χ1) is 11.5. The van der Waals surface area contributed by atoms with E-state index in [1.165, 1.54) is 13.0 Å². The Morgan fingerprint density at radius 3 is 2.75 bits per heavy atom. The summed E-state index contributed by atoms with van der Waals surface area (Å²) in [5.74, 6) is -0.778. The maximum atomic E-state index is 13.8. The van der Waals surface area contributed by atoms with E-state index in [4.69, 9.17) is 0 Å². The number of anilines is 2. The molecule has 0 unspecified atom stereocenters. The number of hydrogen-bond donors (Lipinski definition) is 1. The van der Waals surface area contributed by atoms with Crippen LogP contribution < -0.4 is 10.2 Å². The second-order valence-corrected chi connectivity index (χ2v) is 6.62. The van der Waals surface area contributed by atoms with Gasteiger partial charge in [0.1, 0.15) is 5.82 Å². The molecule has 0 aromatic heterocycles. The summed E-state index contributed by atoms with van der Waals surface area (Å²) in [6.07, 6.45) is 0.687. The van der Waals surface area contributed by atoms with Crippen molar-refractivity contribution in [3.63, 3.8) is 0 Å². The van der Waals surface area contributed by atoms with Gasteiger partial charge < -0.3 is 10.2 Å². The average Bonchev–Trinajstić information content (AvgIpc) is 2.93. The number of carbonyl (C=O) groups excluding carboxylic acids is 2. The van der Waals surface area contributed by atoms with Gasteiger partial charge in [0.05, 0.1) is 17.8 Å². The van der Waals surface area contributed by atoms with Gasteiger partial charge in [0.25, 0.3) is 0 Å². The monoisotopic (exact) mass is 390 g/mol. The van der Waals surface area contributed by atoms with Crippen LogP contribution in [0.2, 0.25) is 0 Å². The van der Waals surface area contributed by atoms with Crippen LogP contribution in [0.15, 0.2) is 40.9 Å². The molecule has 1 N–H and O–H groups in total. The van der Waals surface area contributed by atoms with Gasteiger partial charge in [0.2, 0.25) is 11.8 Å². The Balaban J connectivity index is 1.92. The quantitative estimate of drug-likeness (QED) is 0.868. The van der Waals surface area contributed by atoms with Gasteiger partial charge in [0, 0.05) is 17.9 Å². The minimum absolute atomic E-state index is 0.0122. The molecule has 1 aliphatic heterocycles. The predicted molar refractivity (Wildman–Crippen MR) is 94.6 cm³/mol. The Labute approximate surface area is 147 Å². The summed E-state index contributed by atoms with van der Waals surface area (Å²) in [6, 6.07) is 9.98. The lowest BCUT2D eigenvalue weighted by Gasteiger charge is -2.21. The summed E-state index contributed by atoms with van der Waals surface area (Å²) < 4.78 is 14.6. The van der Waals surface area contributed by atoms with Gasteiger partial charge in [-0.2, -0.15) is 0 Å². The molecule has 1 aliphatic rings. The third kappa shape index (κ3) is 3.33. The Morgan fingerprint density at radius 1 is 1.29 bits per heavy atom. The van der Waals surface area contributed by atoms with Crippen molar-refractivity contribution in [2.24, 2.45) is 0 Å². The largest absolute Gasteiger partial charge is 0.324 e. The molecule has 124 valence electrons. The SMILES string of the molecule is CC(=O)Nc1cc(Br)cc2c1N(C(=O)Cc1ccccc1F)CC2. The molecule has 24 heavy (non-hydrogen) atoms. The molecule has 2 aromatic carbocycles. The number of fused-ring (bicyclic) bond motifs is 1. The zero-order valence-electron chi connectivity index (χ0n) is 13.1. The highest BCUT2D eigenvalue weighted by atomic mass is 79.9. The molecule has 0 radical (unpaired) electrons. The first-order valence-electron chi connectivity index (χ1n) is 7.59. The third-order valence-corrected chi connectivity index (χ3v) is 4.40. The number of carbonyl (C=O) groups is 2. The number of nitrogens with one attached hydrogen (secondary N) is 1. The zero-order chi connectivity index (χ0) is 17.3. The van der Waals surface area contributed by atoms with E-state index in [9.17, 15) is 14.0 Å². The summed E-state index contributed by atoms with van der Waals surface area (Å²) in [4.78, 5) is 25.8. The molecule has 0 fully saturated rings. The minimum Gasteiger partial charge on any atom is -0.324 e. The fourth-order valence-corrected chi connectivity index (χ4v) is 3.45. The Bertz CT molecular complexity index is 823. The van der Waals surface area contributed by atoms with E-state index in [0.717, 1.165) is 10.0 Å². The van der Waals surface area contributed by atoms with Crippen molar-refractivity contribution >= 4 is 39.1 Å². The van der Waals surface area contributed by atoms with Crippen molar-refractivity contribution < 1.29 is 14.0 Å². The highest BCUT2D eigenvalue weighted by Gasteiger charge is 2.28. The second kappa shape index (κ2) is 6.73. The van der Waals surface area contributed by atoms with E-state index in [0.29, 0.717) is 29.9 Å². The molecule has 1 heterocycles. The van der Waals surface area contributed by atoms with Crippen molar-refractivity contribution in [1.29, 1.82) is 0 Å². The molecule has 3 rings (SSSR count). The molecule has 0 saturated heterocycles. The van der Waals surface area contributed by atoms with E-state index in [-0.39, 0.29) is 24.1 Å². The predicted octanol–water partition coefficient (Wildman–Crippen LogP) is 3.68. The number of halogens is 2. The van der Waals surface area contributed by atoms with Crippen LogP contribution in [0.5, 0.6) is 0 Å². The summed E-state index contributed by atoms with van der Waals surface area (Å²) in [6.45, 7) is 1.94. The van der Waals surface area contributed by atoms with Crippen molar-refractivity contribution in [2.75, 3.05) is 16.8 Å². The Hall–Kier alpha value is -2.21. The molecule has 4 nitrogen and oxygen atoms in total. The summed E-state index contributed by atoms with van der Waals surface area (Å²) in [5.41, 5.74) is 2.64. The van der Waals surface area contributed by atoms with Crippen molar-refractivity contribution in [1.82, 2.24) is 0 Å². The van der Waals surface area contributed by atoms with Gasteiger partial charge in [-0.15, -0.1) is 0 Å². The number of benzene rings is 2.